The first kappa shape index (κ1) is 15.0. The van der Waals surface area contributed by atoms with Gasteiger partial charge < -0.3 is 9.47 Å². The van der Waals surface area contributed by atoms with E-state index >= 15 is 0 Å². The number of aromatic nitrogens is 1. The number of benzene rings is 1. The average Bonchev–Trinajstić information content (AvgIpc) is 2.91. The Morgan fingerprint density at radius 3 is 2.71 bits per heavy atom. The van der Waals surface area contributed by atoms with Crippen molar-refractivity contribution in [3.05, 3.63) is 45.9 Å². The van der Waals surface area contributed by atoms with Gasteiger partial charge in [0.05, 0.1) is 16.3 Å². The molecule has 2 rings (SSSR count). The lowest BCUT2D eigenvalue weighted by molar-refractivity contribution is 0.0435. The van der Waals surface area contributed by atoms with E-state index in [9.17, 15) is 4.79 Å². The third-order valence-corrected chi connectivity index (χ3v) is 3.43. The first-order valence-corrected chi connectivity index (χ1v) is 7.21. The van der Waals surface area contributed by atoms with Gasteiger partial charge >= 0.3 is 5.97 Å². The van der Waals surface area contributed by atoms with E-state index in [0.29, 0.717) is 17.9 Å². The van der Waals surface area contributed by atoms with Gasteiger partial charge in [-0.15, -0.1) is 11.3 Å². The van der Waals surface area contributed by atoms with Gasteiger partial charge in [0.2, 0.25) is 0 Å². The van der Waals surface area contributed by atoms with Crippen molar-refractivity contribution >= 4 is 17.3 Å². The molecule has 0 radical (unpaired) electrons. The molecule has 0 saturated heterocycles. The van der Waals surface area contributed by atoms with Crippen molar-refractivity contribution in [2.45, 2.75) is 26.6 Å². The maximum Gasteiger partial charge on any atom is 0.339 e. The Bertz CT molecular complexity index is 658. The highest BCUT2D eigenvalue weighted by atomic mass is 32.1. The molecule has 0 aliphatic rings. The summed E-state index contributed by atoms with van der Waals surface area (Å²) in [4.78, 5) is 16.0. The number of thiazole rings is 1. The van der Waals surface area contributed by atoms with Crippen LogP contribution in [0.4, 0.5) is 0 Å². The van der Waals surface area contributed by atoms with E-state index in [1.165, 1.54) is 6.92 Å². The van der Waals surface area contributed by atoms with Gasteiger partial charge in [0.15, 0.2) is 6.10 Å². The predicted octanol–water partition coefficient (Wildman–Crippen LogP) is 3.10. The zero-order valence-electron chi connectivity index (χ0n) is 11.7. The van der Waals surface area contributed by atoms with Crippen LogP contribution < -0.4 is 4.74 Å². The van der Waals surface area contributed by atoms with Gasteiger partial charge in [-0.05, 0) is 38.1 Å². The lowest BCUT2D eigenvalue weighted by Crippen LogP contribution is -2.12. The van der Waals surface area contributed by atoms with Crippen molar-refractivity contribution < 1.29 is 14.3 Å². The summed E-state index contributed by atoms with van der Waals surface area (Å²) in [5.74, 6) is 0.122. The molecule has 108 valence electrons. The zero-order chi connectivity index (χ0) is 15.2. The summed E-state index contributed by atoms with van der Waals surface area (Å²) in [6.45, 7) is 3.85. The Balaban J connectivity index is 1.92. The molecule has 0 bridgehead atoms. The molecule has 1 atom stereocenters. The SMILES string of the molecule is Cc1nc(COc2ccc(C(=O)O[C@H](C)C#N)cc2)cs1. The molecule has 5 nitrogen and oxygen atoms in total. The molecule has 0 saturated carbocycles. The minimum Gasteiger partial charge on any atom is -0.487 e. The number of nitrogens with zero attached hydrogens (tertiary/aromatic N) is 2. The number of rotatable bonds is 5. The van der Waals surface area contributed by atoms with Crippen LogP contribution in [-0.4, -0.2) is 17.1 Å². The quantitative estimate of drug-likeness (QED) is 0.794. The van der Waals surface area contributed by atoms with Crippen LogP contribution in [0.1, 0.15) is 28.0 Å². The number of carbonyl (C=O) groups excluding carboxylic acids is 1. The highest BCUT2D eigenvalue weighted by Crippen LogP contribution is 2.16. The molecule has 0 spiro atoms. The molecular formula is C15H14N2O3S. The van der Waals surface area contributed by atoms with Crippen LogP contribution >= 0.6 is 11.3 Å². The van der Waals surface area contributed by atoms with Crippen molar-refractivity contribution in [3.8, 4) is 11.8 Å². The molecule has 0 N–H and O–H groups in total. The van der Waals surface area contributed by atoms with E-state index < -0.39 is 12.1 Å². The van der Waals surface area contributed by atoms with Gasteiger partial charge in [0.1, 0.15) is 18.4 Å². The third kappa shape index (κ3) is 4.29. The van der Waals surface area contributed by atoms with E-state index in [0.717, 1.165) is 10.7 Å². The van der Waals surface area contributed by atoms with E-state index in [2.05, 4.69) is 4.98 Å². The highest BCUT2D eigenvalue weighted by molar-refractivity contribution is 7.09. The molecule has 6 heteroatoms. The Morgan fingerprint density at radius 1 is 1.43 bits per heavy atom. The number of hydrogen-bond acceptors (Lipinski definition) is 6. The summed E-state index contributed by atoms with van der Waals surface area (Å²) < 4.78 is 10.5. The summed E-state index contributed by atoms with van der Waals surface area (Å²) in [5, 5.41) is 11.5. The molecule has 1 heterocycles. The Labute approximate surface area is 126 Å². The highest BCUT2D eigenvalue weighted by Gasteiger charge is 2.11. The smallest absolute Gasteiger partial charge is 0.339 e. The maximum absolute atomic E-state index is 11.7. The van der Waals surface area contributed by atoms with Gasteiger partial charge in [-0.1, -0.05) is 0 Å². The van der Waals surface area contributed by atoms with Crippen LogP contribution in [-0.2, 0) is 11.3 Å². The fourth-order valence-corrected chi connectivity index (χ4v) is 2.17. The topological polar surface area (TPSA) is 72.2 Å². The number of aryl methyl sites for hydroxylation is 1. The molecule has 0 amide bonds. The molecule has 0 aliphatic carbocycles. The third-order valence-electron chi connectivity index (χ3n) is 2.61. The molecule has 21 heavy (non-hydrogen) atoms. The van der Waals surface area contributed by atoms with Crippen LogP contribution in [0.5, 0.6) is 5.75 Å². The number of nitriles is 1. The summed E-state index contributed by atoms with van der Waals surface area (Å²) >= 11 is 1.58. The Hall–Kier alpha value is -2.39. The lowest BCUT2D eigenvalue weighted by atomic mass is 10.2. The van der Waals surface area contributed by atoms with Gasteiger partial charge in [-0.3, -0.25) is 0 Å². The Kier molecular flexibility index (Phi) is 4.90. The first-order valence-electron chi connectivity index (χ1n) is 6.33. The Morgan fingerprint density at radius 2 is 2.14 bits per heavy atom. The number of ether oxygens (including phenoxy) is 2. The van der Waals surface area contributed by atoms with Gasteiger partial charge in [-0.25, -0.2) is 9.78 Å². The largest absolute Gasteiger partial charge is 0.487 e. The predicted molar refractivity (Wildman–Crippen MR) is 78.1 cm³/mol. The molecule has 0 aliphatic heterocycles. The second-order valence-corrected chi connectivity index (χ2v) is 5.41. The van der Waals surface area contributed by atoms with E-state index in [1.54, 1.807) is 35.6 Å². The van der Waals surface area contributed by atoms with Crippen molar-refractivity contribution in [2.24, 2.45) is 0 Å². The molecule has 0 unspecified atom stereocenters. The molecule has 0 fully saturated rings. The van der Waals surface area contributed by atoms with Crippen molar-refractivity contribution in [1.29, 1.82) is 5.26 Å². The normalized spacial score (nSPS) is 11.5. The molecule has 1 aromatic heterocycles. The van der Waals surface area contributed by atoms with Gasteiger partial charge in [-0.2, -0.15) is 5.26 Å². The second kappa shape index (κ2) is 6.86. The number of esters is 1. The van der Waals surface area contributed by atoms with Crippen molar-refractivity contribution in [3.63, 3.8) is 0 Å². The monoisotopic (exact) mass is 302 g/mol. The second-order valence-electron chi connectivity index (χ2n) is 4.35. The number of carbonyl (C=O) groups is 1. The van der Waals surface area contributed by atoms with Crippen LogP contribution in [0.15, 0.2) is 29.6 Å². The summed E-state index contributed by atoms with van der Waals surface area (Å²) in [7, 11) is 0. The van der Waals surface area contributed by atoms with Crippen LogP contribution in [0.3, 0.4) is 0 Å². The molecule has 2 aromatic rings. The van der Waals surface area contributed by atoms with Crippen molar-refractivity contribution in [2.75, 3.05) is 0 Å². The standard InChI is InChI=1S/C15H14N2O3S/c1-10(7-16)20-15(18)12-3-5-14(6-4-12)19-8-13-9-21-11(2)17-13/h3-6,9-10H,8H2,1-2H3/t10-/m1/s1. The summed E-state index contributed by atoms with van der Waals surface area (Å²) in [5.41, 5.74) is 1.26. The fraction of sp³-hybridized carbons (Fsp3) is 0.267. The first-order chi connectivity index (χ1) is 10.1. The maximum atomic E-state index is 11.7. The van der Waals surface area contributed by atoms with Gasteiger partial charge in [0, 0.05) is 5.38 Å². The van der Waals surface area contributed by atoms with Crippen LogP contribution in [0, 0.1) is 18.3 Å². The molecule has 1 aromatic carbocycles. The van der Waals surface area contributed by atoms with E-state index in [1.807, 2.05) is 18.4 Å². The fourth-order valence-electron chi connectivity index (χ4n) is 1.57. The van der Waals surface area contributed by atoms with E-state index in [4.69, 9.17) is 14.7 Å². The average molecular weight is 302 g/mol. The van der Waals surface area contributed by atoms with Gasteiger partial charge in [0.25, 0.3) is 0 Å². The van der Waals surface area contributed by atoms with Crippen LogP contribution in [0.2, 0.25) is 0 Å². The number of hydrogen-bond donors (Lipinski definition) is 0. The summed E-state index contributed by atoms with van der Waals surface area (Å²) in [6, 6.07) is 8.43. The van der Waals surface area contributed by atoms with E-state index in [-0.39, 0.29) is 0 Å². The summed E-state index contributed by atoms with van der Waals surface area (Å²) in [6.07, 6.45) is -0.763. The molecular weight excluding hydrogens is 288 g/mol. The van der Waals surface area contributed by atoms with Crippen LogP contribution in [0.25, 0.3) is 0 Å². The zero-order valence-corrected chi connectivity index (χ0v) is 12.5. The minimum absolute atomic E-state index is 0.383. The lowest BCUT2D eigenvalue weighted by Gasteiger charge is -2.07. The minimum atomic E-state index is -0.763. The van der Waals surface area contributed by atoms with Crippen molar-refractivity contribution in [1.82, 2.24) is 4.98 Å².